The van der Waals surface area contributed by atoms with Gasteiger partial charge in [-0.05, 0) is 32.0 Å². The molecule has 0 bridgehead atoms. The van der Waals surface area contributed by atoms with Crippen molar-refractivity contribution in [3.05, 3.63) is 23.9 Å². The van der Waals surface area contributed by atoms with Gasteiger partial charge in [-0.2, -0.15) is 0 Å². The van der Waals surface area contributed by atoms with Crippen molar-refractivity contribution < 1.29 is 9.53 Å². The topological polar surface area (TPSA) is 66.5 Å². The number of amides is 2. The monoisotopic (exact) mass is 278 g/mol. The lowest BCUT2D eigenvalue weighted by Crippen LogP contribution is -2.38. The van der Waals surface area contributed by atoms with Crippen LogP contribution in [-0.4, -0.2) is 55.3 Å². The van der Waals surface area contributed by atoms with Crippen LogP contribution < -0.4 is 10.6 Å². The molecule has 2 heterocycles. The molecule has 0 unspecified atom stereocenters. The Balaban J connectivity index is 1.60. The molecule has 2 amide bonds. The van der Waals surface area contributed by atoms with Crippen molar-refractivity contribution in [3.63, 3.8) is 0 Å². The van der Waals surface area contributed by atoms with Crippen LogP contribution in [0.15, 0.2) is 18.2 Å². The molecule has 0 aromatic carbocycles. The van der Waals surface area contributed by atoms with Crippen LogP contribution in [0.25, 0.3) is 0 Å². The Morgan fingerprint density at radius 2 is 2.20 bits per heavy atom. The average Bonchev–Trinajstić information content (AvgIpc) is 2.45. The normalized spacial score (nSPS) is 15.8. The van der Waals surface area contributed by atoms with E-state index in [-0.39, 0.29) is 6.03 Å². The molecule has 2 N–H and O–H groups in total. The number of carbonyl (C=O) groups excluding carboxylic acids is 1. The third kappa shape index (κ3) is 5.14. The minimum absolute atomic E-state index is 0.204. The number of ether oxygens (including phenoxy) is 1. The number of hydrogen-bond donors (Lipinski definition) is 2. The van der Waals surface area contributed by atoms with Crippen LogP contribution in [0, 0.1) is 6.92 Å². The Bertz CT molecular complexity index is 433. The SMILES string of the molecule is Cc1cccc(NC(=O)NCCCN2CCOCC2)n1. The first-order valence-electron chi connectivity index (χ1n) is 7.02. The molecule has 1 saturated heterocycles. The molecule has 0 saturated carbocycles. The van der Waals surface area contributed by atoms with Gasteiger partial charge in [0.1, 0.15) is 5.82 Å². The van der Waals surface area contributed by atoms with E-state index in [1.807, 2.05) is 19.1 Å². The number of pyridine rings is 1. The van der Waals surface area contributed by atoms with Gasteiger partial charge in [-0.1, -0.05) is 6.07 Å². The largest absolute Gasteiger partial charge is 0.379 e. The number of hydrogen-bond acceptors (Lipinski definition) is 4. The van der Waals surface area contributed by atoms with Crippen LogP contribution in [0.4, 0.5) is 10.6 Å². The third-order valence-corrected chi connectivity index (χ3v) is 3.17. The van der Waals surface area contributed by atoms with Gasteiger partial charge in [-0.3, -0.25) is 10.2 Å². The Kier molecular flexibility index (Phi) is 5.76. The average molecular weight is 278 g/mol. The van der Waals surface area contributed by atoms with Gasteiger partial charge in [-0.15, -0.1) is 0 Å². The molecular formula is C14H22N4O2. The van der Waals surface area contributed by atoms with Crippen molar-refractivity contribution in [2.24, 2.45) is 0 Å². The van der Waals surface area contributed by atoms with Gasteiger partial charge in [0.2, 0.25) is 0 Å². The van der Waals surface area contributed by atoms with Crippen molar-refractivity contribution in [1.82, 2.24) is 15.2 Å². The fourth-order valence-corrected chi connectivity index (χ4v) is 2.10. The lowest BCUT2D eigenvalue weighted by Gasteiger charge is -2.26. The first kappa shape index (κ1) is 14.7. The molecule has 6 heteroatoms. The second-order valence-corrected chi connectivity index (χ2v) is 4.85. The summed E-state index contributed by atoms with van der Waals surface area (Å²) in [5.74, 6) is 0.579. The molecule has 1 aliphatic heterocycles. The van der Waals surface area contributed by atoms with Gasteiger partial charge in [0.25, 0.3) is 0 Å². The summed E-state index contributed by atoms with van der Waals surface area (Å²) in [6, 6.07) is 5.34. The van der Waals surface area contributed by atoms with Crippen LogP contribution in [0.3, 0.4) is 0 Å². The molecule has 2 rings (SSSR count). The minimum atomic E-state index is -0.204. The van der Waals surface area contributed by atoms with Gasteiger partial charge >= 0.3 is 6.03 Å². The summed E-state index contributed by atoms with van der Waals surface area (Å²) < 4.78 is 5.29. The highest BCUT2D eigenvalue weighted by Crippen LogP contribution is 2.03. The maximum Gasteiger partial charge on any atom is 0.320 e. The van der Waals surface area contributed by atoms with E-state index in [4.69, 9.17) is 4.74 Å². The van der Waals surface area contributed by atoms with E-state index in [0.29, 0.717) is 12.4 Å². The Morgan fingerprint density at radius 3 is 2.95 bits per heavy atom. The molecule has 1 aliphatic rings. The Hall–Kier alpha value is -1.66. The van der Waals surface area contributed by atoms with Gasteiger partial charge in [0.05, 0.1) is 13.2 Å². The summed E-state index contributed by atoms with van der Waals surface area (Å²) >= 11 is 0. The third-order valence-electron chi connectivity index (χ3n) is 3.17. The molecule has 1 fully saturated rings. The lowest BCUT2D eigenvalue weighted by molar-refractivity contribution is 0.0375. The molecule has 6 nitrogen and oxygen atoms in total. The van der Waals surface area contributed by atoms with Crippen LogP contribution in [0.1, 0.15) is 12.1 Å². The molecule has 110 valence electrons. The summed E-state index contributed by atoms with van der Waals surface area (Å²) in [5.41, 5.74) is 0.884. The van der Waals surface area contributed by atoms with E-state index in [1.165, 1.54) is 0 Å². The number of aryl methyl sites for hydroxylation is 1. The quantitative estimate of drug-likeness (QED) is 0.795. The Labute approximate surface area is 119 Å². The molecule has 0 spiro atoms. The van der Waals surface area contributed by atoms with Crippen LogP contribution in [-0.2, 0) is 4.74 Å². The lowest BCUT2D eigenvalue weighted by atomic mass is 10.3. The smallest absolute Gasteiger partial charge is 0.320 e. The van der Waals surface area contributed by atoms with Gasteiger partial charge < -0.3 is 10.1 Å². The fraction of sp³-hybridized carbons (Fsp3) is 0.571. The maximum atomic E-state index is 11.7. The van der Waals surface area contributed by atoms with E-state index < -0.39 is 0 Å². The van der Waals surface area contributed by atoms with Crippen LogP contribution in [0.2, 0.25) is 0 Å². The number of morpholine rings is 1. The number of nitrogens with one attached hydrogen (secondary N) is 2. The van der Waals surface area contributed by atoms with Crippen LogP contribution >= 0.6 is 0 Å². The standard InChI is InChI=1S/C14H22N4O2/c1-12-4-2-5-13(16-12)17-14(19)15-6-3-7-18-8-10-20-11-9-18/h2,4-5H,3,6-11H2,1H3,(H2,15,16,17,19). The summed E-state index contributed by atoms with van der Waals surface area (Å²) in [7, 11) is 0. The number of anilines is 1. The zero-order chi connectivity index (χ0) is 14.2. The number of aromatic nitrogens is 1. The molecule has 1 aromatic heterocycles. The van der Waals surface area contributed by atoms with Crippen molar-refractivity contribution in [2.45, 2.75) is 13.3 Å². The minimum Gasteiger partial charge on any atom is -0.379 e. The number of rotatable bonds is 5. The van der Waals surface area contributed by atoms with E-state index in [2.05, 4.69) is 20.5 Å². The molecule has 0 atom stereocenters. The van der Waals surface area contributed by atoms with Gasteiger partial charge in [0.15, 0.2) is 0 Å². The predicted octanol–water partition coefficient (Wildman–Crippen LogP) is 1.23. The first-order valence-corrected chi connectivity index (χ1v) is 7.02. The van der Waals surface area contributed by atoms with E-state index in [9.17, 15) is 4.79 Å². The summed E-state index contributed by atoms with van der Waals surface area (Å²) in [4.78, 5) is 18.3. The zero-order valence-corrected chi connectivity index (χ0v) is 11.9. The predicted molar refractivity (Wildman–Crippen MR) is 77.9 cm³/mol. The molecular weight excluding hydrogens is 256 g/mol. The van der Waals surface area contributed by atoms with Crippen molar-refractivity contribution >= 4 is 11.8 Å². The van der Waals surface area contributed by atoms with Gasteiger partial charge in [-0.25, -0.2) is 9.78 Å². The van der Waals surface area contributed by atoms with E-state index >= 15 is 0 Å². The number of nitrogens with zero attached hydrogens (tertiary/aromatic N) is 2. The highest BCUT2D eigenvalue weighted by Gasteiger charge is 2.09. The first-order chi connectivity index (χ1) is 9.74. The van der Waals surface area contributed by atoms with E-state index in [1.54, 1.807) is 6.07 Å². The fourth-order valence-electron chi connectivity index (χ4n) is 2.10. The molecule has 0 radical (unpaired) electrons. The highest BCUT2D eigenvalue weighted by atomic mass is 16.5. The number of urea groups is 1. The van der Waals surface area contributed by atoms with Gasteiger partial charge in [0, 0.05) is 25.3 Å². The second kappa shape index (κ2) is 7.81. The summed E-state index contributed by atoms with van der Waals surface area (Å²) in [6.45, 7) is 7.14. The van der Waals surface area contributed by atoms with Crippen molar-refractivity contribution in [2.75, 3.05) is 44.7 Å². The van der Waals surface area contributed by atoms with Crippen molar-refractivity contribution in [1.29, 1.82) is 0 Å². The Morgan fingerprint density at radius 1 is 1.40 bits per heavy atom. The van der Waals surface area contributed by atoms with Crippen molar-refractivity contribution in [3.8, 4) is 0 Å². The molecule has 20 heavy (non-hydrogen) atoms. The van der Waals surface area contributed by atoms with E-state index in [0.717, 1.165) is 45.0 Å². The second-order valence-electron chi connectivity index (χ2n) is 4.85. The number of carbonyl (C=O) groups is 1. The summed E-state index contributed by atoms with van der Waals surface area (Å²) in [6.07, 6.45) is 0.939. The highest BCUT2D eigenvalue weighted by molar-refractivity contribution is 5.88. The molecule has 1 aromatic rings. The maximum absolute atomic E-state index is 11.7. The van der Waals surface area contributed by atoms with Crippen LogP contribution in [0.5, 0.6) is 0 Å². The molecule has 0 aliphatic carbocycles. The summed E-state index contributed by atoms with van der Waals surface area (Å²) in [5, 5.41) is 5.57. The zero-order valence-electron chi connectivity index (χ0n) is 11.9.